The molecule has 0 spiro atoms. The molecule has 0 aliphatic carbocycles. The molecule has 9 heteroatoms. The predicted molar refractivity (Wildman–Crippen MR) is 69.7 cm³/mol. The summed E-state index contributed by atoms with van der Waals surface area (Å²) in [6, 6.07) is 0.856. The van der Waals surface area contributed by atoms with Crippen LogP contribution in [-0.4, -0.2) is 24.5 Å². The van der Waals surface area contributed by atoms with Crippen molar-refractivity contribution in [1.29, 1.82) is 0 Å². The number of anilines is 1. The zero-order valence-electron chi connectivity index (χ0n) is 10.8. The number of carbonyl (C=O) groups is 2. The molecule has 1 rings (SSSR count). The van der Waals surface area contributed by atoms with Crippen LogP contribution in [-0.2, 0) is 20.5 Å². The van der Waals surface area contributed by atoms with Gasteiger partial charge in [-0.2, -0.15) is 13.2 Å². The van der Waals surface area contributed by atoms with Crippen molar-refractivity contribution in [2.24, 2.45) is 5.73 Å². The molecule has 0 bridgehead atoms. The van der Waals surface area contributed by atoms with E-state index in [0.717, 1.165) is 6.07 Å². The fraction of sp³-hybridized carbons (Fsp3) is 0.333. The van der Waals surface area contributed by atoms with E-state index in [1.165, 1.54) is 6.92 Å². The Morgan fingerprint density at radius 3 is 2.52 bits per heavy atom. The van der Waals surface area contributed by atoms with E-state index >= 15 is 0 Å². The summed E-state index contributed by atoms with van der Waals surface area (Å²) in [7, 11) is 0. The third-order valence-corrected chi connectivity index (χ3v) is 2.53. The molecule has 0 aromatic heterocycles. The van der Waals surface area contributed by atoms with Gasteiger partial charge in [-0.3, -0.25) is 4.79 Å². The lowest BCUT2D eigenvalue weighted by Crippen LogP contribution is -2.43. The number of rotatable bonds is 4. The number of carbonyl (C=O) groups excluding carboxylic acids is 2. The average Bonchev–Trinajstić information content (AvgIpc) is 2.36. The number of benzene rings is 1. The molecule has 0 fully saturated rings. The normalized spacial score (nSPS) is 12.7. The molecule has 0 aliphatic rings. The summed E-state index contributed by atoms with van der Waals surface area (Å²) in [5, 5.41) is 1.87. The van der Waals surface area contributed by atoms with Crippen LogP contribution in [0.4, 0.5) is 18.9 Å². The van der Waals surface area contributed by atoms with Gasteiger partial charge in [0.25, 0.3) is 5.91 Å². The largest absolute Gasteiger partial charge is 0.464 e. The average molecular weight is 325 g/mol. The number of amides is 1. The summed E-state index contributed by atoms with van der Waals surface area (Å²) in [4.78, 5) is 22.9. The molecule has 1 aromatic carbocycles. The molecule has 0 saturated carbocycles. The number of nitrogens with one attached hydrogen (secondary N) is 1. The van der Waals surface area contributed by atoms with Crippen LogP contribution in [0.5, 0.6) is 0 Å². The van der Waals surface area contributed by atoms with Gasteiger partial charge in [0.15, 0.2) is 6.04 Å². The highest BCUT2D eigenvalue weighted by Crippen LogP contribution is 2.33. The summed E-state index contributed by atoms with van der Waals surface area (Å²) < 4.78 is 42.3. The van der Waals surface area contributed by atoms with Crippen LogP contribution in [0.15, 0.2) is 18.2 Å². The third kappa shape index (κ3) is 4.91. The Bertz CT molecular complexity index is 549. The van der Waals surface area contributed by atoms with Crippen molar-refractivity contribution >= 4 is 29.2 Å². The van der Waals surface area contributed by atoms with E-state index in [1.807, 2.05) is 0 Å². The van der Waals surface area contributed by atoms with Gasteiger partial charge in [0.2, 0.25) is 0 Å². The van der Waals surface area contributed by atoms with Crippen LogP contribution < -0.4 is 11.1 Å². The Morgan fingerprint density at radius 1 is 1.38 bits per heavy atom. The number of nitrogens with two attached hydrogens (primary N) is 1. The molecule has 1 unspecified atom stereocenters. The van der Waals surface area contributed by atoms with Gasteiger partial charge in [-0.25, -0.2) is 4.79 Å². The Morgan fingerprint density at radius 2 is 2.00 bits per heavy atom. The molecule has 21 heavy (non-hydrogen) atoms. The number of esters is 1. The fourth-order valence-electron chi connectivity index (χ4n) is 1.38. The first-order chi connectivity index (χ1) is 9.65. The van der Waals surface area contributed by atoms with Crippen molar-refractivity contribution in [3.8, 4) is 0 Å². The highest BCUT2D eigenvalue weighted by Gasteiger charge is 2.31. The minimum Gasteiger partial charge on any atom is -0.464 e. The highest BCUT2D eigenvalue weighted by atomic mass is 35.5. The van der Waals surface area contributed by atoms with Gasteiger partial charge < -0.3 is 15.8 Å². The number of alkyl halides is 3. The zero-order valence-corrected chi connectivity index (χ0v) is 11.6. The quantitative estimate of drug-likeness (QED) is 0.657. The number of ether oxygens (including phenoxy) is 1. The van der Waals surface area contributed by atoms with Gasteiger partial charge in [0, 0.05) is 10.7 Å². The first-order valence-electron chi connectivity index (χ1n) is 5.76. The second kappa shape index (κ2) is 6.77. The second-order valence-corrected chi connectivity index (χ2v) is 4.38. The summed E-state index contributed by atoms with van der Waals surface area (Å²) >= 11 is 5.56. The molecule has 1 atom stereocenters. The van der Waals surface area contributed by atoms with Crippen molar-refractivity contribution in [3.63, 3.8) is 0 Å². The van der Waals surface area contributed by atoms with Crippen LogP contribution in [0.2, 0.25) is 5.02 Å². The molecule has 0 heterocycles. The maximum Gasteiger partial charge on any atom is 0.416 e. The Labute approximate surface area is 123 Å². The minimum absolute atomic E-state index is 0.0230. The van der Waals surface area contributed by atoms with Gasteiger partial charge >= 0.3 is 12.1 Å². The number of halogens is 4. The predicted octanol–water partition coefficient (Wildman–Crippen LogP) is 2.19. The van der Waals surface area contributed by atoms with Crippen molar-refractivity contribution in [1.82, 2.24) is 0 Å². The van der Waals surface area contributed by atoms with Crippen molar-refractivity contribution in [3.05, 3.63) is 28.8 Å². The minimum atomic E-state index is -4.62. The molecule has 5 nitrogen and oxygen atoms in total. The Hall–Kier alpha value is -1.80. The van der Waals surface area contributed by atoms with Crippen LogP contribution in [0, 0.1) is 0 Å². The first kappa shape index (κ1) is 17.3. The highest BCUT2D eigenvalue weighted by molar-refractivity contribution is 6.31. The Balaban J connectivity index is 2.90. The summed E-state index contributed by atoms with van der Waals surface area (Å²) in [6.45, 7) is 1.55. The van der Waals surface area contributed by atoms with Crippen molar-refractivity contribution < 1.29 is 27.5 Å². The lowest BCUT2D eigenvalue weighted by atomic mass is 10.2. The van der Waals surface area contributed by atoms with E-state index < -0.39 is 29.7 Å². The summed E-state index contributed by atoms with van der Waals surface area (Å²) in [5.41, 5.74) is 4.06. The van der Waals surface area contributed by atoms with E-state index in [1.54, 1.807) is 0 Å². The number of hydrogen-bond acceptors (Lipinski definition) is 4. The lowest BCUT2D eigenvalue weighted by Gasteiger charge is -2.13. The number of hydrogen-bond donors (Lipinski definition) is 2. The van der Waals surface area contributed by atoms with E-state index in [0.29, 0.717) is 12.1 Å². The SMILES string of the molecule is CCOC(=O)C(N)C(=O)Nc1cc(Cl)cc(C(F)(F)F)c1. The van der Waals surface area contributed by atoms with E-state index in [2.05, 4.69) is 10.1 Å². The van der Waals surface area contributed by atoms with Crippen molar-refractivity contribution in [2.75, 3.05) is 11.9 Å². The van der Waals surface area contributed by atoms with Gasteiger partial charge in [-0.15, -0.1) is 0 Å². The maximum absolute atomic E-state index is 12.6. The molecule has 116 valence electrons. The molecular formula is C12H12ClF3N2O3. The van der Waals surface area contributed by atoms with E-state index in [4.69, 9.17) is 17.3 Å². The molecule has 0 aliphatic heterocycles. The summed E-state index contributed by atoms with van der Waals surface area (Å²) in [6.07, 6.45) is -4.62. The second-order valence-electron chi connectivity index (χ2n) is 3.95. The topological polar surface area (TPSA) is 81.4 Å². The van der Waals surface area contributed by atoms with Crippen LogP contribution in [0.1, 0.15) is 12.5 Å². The van der Waals surface area contributed by atoms with Crippen LogP contribution in [0.25, 0.3) is 0 Å². The fourth-order valence-corrected chi connectivity index (χ4v) is 1.62. The standard InChI is InChI=1S/C12H12ClF3N2O3/c1-2-21-11(20)9(17)10(19)18-8-4-6(12(14,15)16)3-7(13)5-8/h3-5,9H,2,17H2,1H3,(H,18,19). The lowest BCUT2D eigenvalue weighted by molar-refractivity contribution is -0.147. The summed E-state index contributed by atoms with van der Waals surface area (Å²) in [5.74, 6) is -1.98. The maximum atomic E-state index is 12.6. The van der Waals surface area contributed by atoms with E-state index in [-0.39, 0.29) is 17.3 Å². The molecule has 1 aromatic rings. The smallest absolute Gasteiger partial charge is 0.416 e. The molecule has 1 amide bonds. The molecule has 3 N–H and O–H groups in total. The van der Waals surface area contributed by atoms with Gasteiger partial charge in [-0.05, 0) is 25.1 Å². The monoisotopic (exact) mass is 324 g/mol. The molecular weight excluding hydrogens is 313 g/mol. The van der Waals surface area contributed by atoms with Crippen LogP contribution >= 0.6 is 11.6 Å². The van der Waals surface area contributed by atoms with Crippen LogP contribution in [0.3, 0.4) is 0 Å². The van der Waals surface area contributed by atoms with Gasteiger partial charge in [-0.1, -0.05) is 11.6 Å². The van der Waals surface area contributed by atoms with E-state index in [9.17, 15) is 22.8 Å². The molecule has 0 radical (unpaired) electrons. The first-order valence-corrected chi connectivity index (χ1v) is 6.13. The van der Waals surface area contributed by atoms with Gasteiger partial charge in [0.05, 0.1) is 12.2 Å². The molecule has 0 saturated heterocycles. The third-order valence-electron chi connectivity index (χ3n) is 2.32. The Kier molecular flexibility index (Phi) is 5.56. The van der Waals surface area contributed by atoms with Crippen molar-refractivity contribution in [2.45, 2.75) is 19.1 Å². The van der Waals surface area contributed by atoms with Gasteiger partial charge in [0.1, 0.15) is 0 Å². The zero-order chi connectivity index (χ0) is 16.2.